The molecule has 1 aromatic heterocycles. The van der Waals surface area contributed by atoms with Crippen LogP contribution in [0.4, 0.5) is 15.9 Å². The first-order valence-electron chi connectivity index (χ1n) is 10.7. The van der Waals surface area contributed by atoms with Crippen LogP contribution < -0.4 is 10.2 Å². The molecule has 0 spiro atoms. The van der Waals surface area contributed by atoms with Gasteiger partial charge in [0.25, 0.3) is 0 Å². The van der Waals surface area contributed by atoms with Gasteiger partial charge in [0.05, 0.1) is 0 Å². The second-order valence-corrected chi connectivity index (χ2v) is 8.21. The monoisotopic (exact) mass is 413 g/mol. The molecule has 0 bridgehead atoms. The quantitative estimate of drug-likeness (QED) is 0.642. The molecule has 1 fully saturated rings. The average molecular weight is 413 g/mol. The Morgan fingerprint density at radius 2 is 1.90 bits per heavy atom. The number of pyridine rings is 1. The smallest absolute Gasteiger partial charge is 0.228 e. The molecule has 3 aromatic rings. The Morgan fingerprint density at radius 1 is 1.03 bits per heavy atom. The average Bonchev–Trinajstić information content (AvgIpc) is 3.23. The van der Waals surface area contributed by atoms with Crippen molar-refractivity contribution in [2.75, 3.05) is 23.3 Å². The molecule has 1 saturated heterocycles. The number of benzene rings is 2. The highest BCUT2D eigenvalue weighted by Crippen LogP contribution is 2.34. The first-order chi connectivity index (χ1) is 15.2. The summed E-state index contributed by atoms with van der Waals surface area (Å²) in [5.74, 6) is 0.463. The van der Waals surface area contributed by atoms with E-state index in [9.17, 15) is 9.18 Å². The van der Waals surface area contributed by atoms with Crippen LogP contribution in [-0.2, 0) is 11.2 Å². The molecular formula is C26H24FN3O. The molecule has 5 rings (SSSR count). The summed E-state index contributed by atoms with van der Waals surface area (Å²) in [4.78, 5) is 19.1. The zero-order valence-electron chi connectivity index (χ0n) is 17.2. The van der Waals surface area contributed by atoms with Gasteiger partial charge in [0.1, 0.15) is 11.6 Å². The third kappa shape index (κ3) is 4.22. The van der Waals surface area contributed by atoms with E-state index in [1.54, 1.807) is 12.3 Å². The molecule has 1 N–H and O–H groups in total. The van der Waals surface area contributed by atoms with E-state index >= 15 is 0 Å². The van der Waals surface area contributed by atoms with Gasteiger partial charge in [-0.05, 0) is 77.9 Å². The Hall–Kier alpha value is -3.47. The highest BCUT2D eigenvalue weighted by Gasteiger charge is 2.26. The summed E-state index contributed by atoms with van der Waals surface area (Å²) >= 11 is 0. The summed E-state index contributed by atoms with van der Waals surface area (Å²) in [6.45, 7) is 1.68. The van der Waals surface area contributed by atoms with Crippen LogP contribution in [0.3, 0.4) is 0 Å². The van der Waals surface area contributed by atoms with E-state index in [0.29, 0.717) is 5.82 Å². The summed E-state index contributed by atoms with van der Waals surface area (Å²) in [7, 11) is 0. The number of rotatable bonds is 4. The number of nitrogens with one attached hydrogen (secondary N) is 1. The summed E-state index contributed by atoms with van der Waals surface area (Å²) in [6, 6.07) is 19.0. The maximum atomic E-state index is 13.5. The van der Waals surface area contributed by atoms with Gasteiger partial charge in [0.2, 0.25) is 5.91 Å². The molecule has 156 valence electrons. The zero-order chi connectivity index (χ0) is 21.2. The minimum atomic E-state index is -0.194. The summed E-state index contributed by atoms with van der Waals surface area (Å²) in [5.41, 5.74) is 5.70. The predicted octanol–water partition coefficient (Wildman–Crippen LogP) is 5.17. The highest BCUT2D eigenvalue weighted by molar-refractivity contribution is 5.92. The fraction of sp³-hybridized carbons (Fsp3) is 0.231. The Labute approximate surface area is 181 Å². The van der Waals surface area contributed by atoms with Gasteiger partial charge < -0.3 is 10.2 Å². The summed E-state index contributed by atoms with van der Waals surface area (Å²) in [5, 5.41) is 2.92. The van der Waals surface area contributed by atoms with Gasteiger partial charge in [0, 0.05) is 30.9 Å². The summed E-state index contributed by atoms with van der Waals surface area (Å²) in [6.07, 6.45) is 6.23. The fourth-order valence-corrected chi connectivity index (χ4v) is 4.46. The number of nitrogens with zero attached hydrogens (tertiary/aromatic N) is 2. The lowest BCUT2D eigenvalue weighted by Crippen LogP contribution is -2.38. The number of piperidine rings is 1. The van der Waals surface area contributed by atoms with Crippen molar-refractivity contribution in [3.8, 4) is 0 Å². The number of carbonyl (C=O) groups is 1. The van der Waals surface area contributed by atoms with Crippen molar-refractivity contribution in [2.45, 2.75) is 19.3 Å². The first kappa shape index (κ1) is 19.5. The minimum absolute atomic E-state index is 0.00312. The van der Waals surface area contributed by atoms with Crippen LogP contribution in [0, 0.1) is 11.7 Å². The van der Waals surface area contributed by atoms with Crippen molar-refractivity contribution in [2.24, 2.45) is 5.92 Å². The molecule has 1 aliphatic carbocycles. The van der Waals surface area contributed by atoms with Gasteiger partial charge in [-0.25, -0.2) is 9.37 Å². The van der Waals surface area contributed by atoms with Gasteiger partial charge in [0.15, 0.2) is 0 Å². The molecule has 2 aromatic carbocycles. The minimum Gasteiger partial charge on any atom is -0.371 e. The summed E-state index contributed by atoms with van der Waals surface area (Å²) < 4.78 is 13.5. The van der Waals surface area contributed by atoms with Crippen LogP contribution in [-0.4, -0.2) is 24.0 Å². The Morgan fingerprint density at radius 3 is 2.71 bits per heavy atom. The number of carbonyl (C=O) groups excluding carboxylic acids is 1. The van der Waals surface area contributed by atoms with E-state index in [1.165, 1.54) is 28.5 Å². The molecule has 1 aliphatic heterocycles. The van der Waals surface area contributed by atoms with Crippen molar-refractivity contribution in [3.63, 3.8) is 0 Å². The van der Waals surface area contributed by atoms with Crippen molar-refractivity contribution >= 4 is 29.1 Å². The second kappa shape index (κ2) is 8.34. The highest BCUT2D eigenvalue weighted by atomic mass is 19.1. The lowest BCUT2D eigenvalue weighted by atomic mass is 9.95. The molecule has 2 heterocycles. The van der Waals surface area contributed by atoms with Crippen LogP contribution >= 0.6 is 0 Å². The number of halogens is 1. The number of amides is 1. The Balaban J connectivity index is 1.24. The zero-order valence-corrected chi connectivity index (χ0v) is 17.2. The van der Waals surface area contributed by atoms with Crippen LogP contribution in [0.1, 0.15) is 29.5 Å². The SMILES string of the molecule is O=C(Nc1ccccn1)C1CCN(c2cccc(C3=Cc4cc(F)ccc4C3)c2)CC1. The largest absolute Gasteiger partial charge is 0.371 e. The lowest BCUT2D eigenvalue weighted by molar-refractivity contribution is -0.120. The fourth-order valence-electron chi connectivity index (χ4n) is 4.46. The first-order valence-corrected chi connectivity index (χ1v) is 10.7. The van der Waals surface area contributed by atoms with E-state index in [1.807, 2.05) is 24.3 Å². The van der Waals surface area contributed by atoms with Gasteiger partial charge in [-0.15, -0.1) is 0 Å². The molecule has 0 radical (unpaired) electrons. The molecule has 5 heteroatoms. The van der Waals surface area contributed by atoms with E-state index < -0.39 is 0 Å². The maximum absolute atomic E-state index is 13.5. The third-order valence-electron chi connectivity index (χ3n) is 6.18. The van der Waals surface area contributed by atoms with E-state index in [0.717, 1.165) is 37.9 Å². The number of aromatic nitrogens is 1. The molecule has 2 aliphatic rings. The van der Waals surface area contributed by atoms with Crippen LogP contribution in [0.5, 0.6) is 0 Å². The van der Waals surface area contributed by atoms with Crippen LogP contribution in [0.25, 0.3) is 11.6 Å². The van der Waals surface area contributed by atoms with Gasteiger partial charge >= 0.3 is 0 Å². The normalized spacial score (nSPS) is 16.0. The number of allylic oxidation sites excluding steroid dienone is 1. The van der Waals surface area contributed by atoms with E-state index in [4.69, 9.17) is 0 Å². The predicted molar refractivity (Wildman–Crippen MR) is 122 cm³/mol. The van der Waals surface area contributed by atoms with Crippen molar-refractivity contribution in [1.82, 2.24) is 4.98 Å². The van der Waals surface area contributed by atoms with Crippen molar-refractivity contribution in [1.29, 1.82) is 0 Å². The number of anilines is 2. The lowest BCUT2D eigenvalue weighted by Gasteiger charge is -2.33. The van der Waals surface area contributed by atoms with Crippen LogP contribution in [0.15, 0.2) is 66.9 Å². The van der Waals surface area contributed by atoms with E-state index in [2.05, 4.69) is 45.5 Å². The third-order valence-corrected chi connectivity index (χ3v) is 6.18. The molecule has 31 heavy (non-hydrogen) atoms. The molecule has 0 atom stereocenters. The number of hydrogen-bond acceptors (Lipinski definition) is 3. The van der Waals surface area contributed by atoms with Gasteiger partial charge in [-0.2, -0.15) is 0 Å². The van der Waals surface area contributed by atoms with Crippen molar-refractivity contribution < 1.29 is 9.18 Å². The van der Waals surface area contributed by atoms with Crippen molar-refractivity contribution in [3.05, 3.63) is 89.4 Å². The topological polar surface area (TPSA) is 45.2 Å². The molecular weight excluding hydrogens is 389 g/mol. The molecule has 4 nitrogen and oxygen atoms in total. The van der Waals surface area contributed by atoms with Gasteiger partial charge in [-0.3, -0.25) is 4.79 Å². The molecule has 0 saturated carbocycles. The second-order valence-electron chi connectivity index (χ2n) is 8.21. The van der Waals surface area contributed by atoms with Gasteiger partial charge in [-0.1, -0.05) is 30.3 Å². The Kier molecular flexibility index (Phi) is 5.24. The number of fused-ring (bicyclic) bond motifs is 1. The number of hydrogen-bond donors (Lipinski definition) is 1. The van der Waals surface area contributed by atoms with E-state index in [-0.39, 0.29) is 17.6 Å². The maximum Gasteiger partial charge on any atom is 0.228 e. The standard InChI is InChI=1S/C26H24FN3O/c27-23-8-7-20-14-21(15-22(20)16-23)19-4-3-5-24(17-19)30-12-9-18(10-13-30)26(31)29-25-6-1-2-11-28-25/h1-8,11,15-18H,9-10,12-14H2,(H,28,29,31). The van der Waals surface area contributed by atoms with Crippen LogP contribution in [0.2, 0.25) is 0 Å². The Bertz CT molecular complexity index is 1130. The molecule has 0 unspecified atom stereocenters. The molecule has 1 amide bonds.